The predicted octanol–water partition coefficient (Wildman–Crippen LogP) is 4.70. The molecule has 3 aliphatic heterocycles. The second-order valence-corrected chi connectivity index (χ2v) is 9.88. The minimum Gasteiger partial charge on any atom is -0.357 e. The van der Waals surface area contributed by atoms with E-state index in [0.29, 0.717) is 22.0 Å². The molecule has 37 heavy (non-hydrogen) atoms. The molecule has 3 aliphatic rings. The van der Waals surface area contributed by atoms with Crippen molar-refractivity contribution in [1.29, 1.82) is 0 Å². The van der Waals surface area contributed by atoms with Gasteiger partial charge in [-0.25, -0.2) is 4.90 Å². The average Bonchev–Trinajstić information content (AvgIpc) is 3.38. The summed E-state index contributed by atoms with van der Waals surface area (Å²) in [4.78, 5) is 56.2. The normalized spacial score (nSPS) is 23.5. The molecule has 1 N–H and O–H groups in total. The number of nitrogens with zero attached hydrogens (tertiary/aromatic N) is 2. The topological polar surface area (TPSA) is 86.8 Å². The van der Waals surface area contributed by atoms with E-state index < -0.39 is 29.8 Å². The lowest BCUT2D eigenvalue weighted by atomic mass is 9.84. The zero-order valence-electron chi connectivity index (χ0n) is 19.8. The van der Waals surface area contributed by atoms with Crippen LogP contribution in [0.2, 0.25) is 5.02 Å². The number of halogens is 1. The van der Waals surface area contributed by atoms with Crippen molar-refractivity contribution in [3.63, 3.8) is 0 Å². The Kier molecular flexibility index (Phi) is 5.46. The van der Waals surface area contributed by atoms with Gasteiger partial charge < -0.3 is 10.2 Å². The van der Waals surface area contributed by atoms with Crippen molar-refractivity contribution in [3.8, 4) is 0 Å². The van der Waals surface area contributed by atoms with E-state index in [0.717, 1.165) is 11.1 Å². The number of amides is 3. The maximum atomic E-state index is 13.9. The molecule has 3 heterocycles. The molecule has 3 amide bonds. The van der Waals surface area contributed by atoms with Crippen molar-refractivity contribution in [2.45, 2.75) is 19.0 Å². The maximum absolute atomic E-state index is 13.9. The summed E-state index contributed by atoms with van der Waals surface area (Å²) in [5.74, 6) is -2.89. The molecule has 8 heteroatoms. The molecule has 0 aromatic heterocycles. The van der Waals surface area contributed by atoms with Gasteiger partial charge in [-0.15, -0.1) is 0 Å². The molecule has 3 aromatic rings. The average molecular weight is 512 g/mol. The van der Waals surface area contributed by atoms with Crippen molar-refractivity contribution in [2.75, 3.05) is 10.2 Å². The number of carbonyl (C=O) groups is 4. The third-order valence-electron chi connectivity index (χ3n) is 7.37. The summed E-state index contributed by atoms with van der Waals surface area (Å²) in [6, 6.07) is 19.5. The number of anilines is 2. The van der Waals surface area contributed by atoms with E-state index in [2.05, 4.69) is 5.32 Å². The zero-order chi connectivity index (χ0) is 25.8. The fourth-order valence-corrected chi connectivity index (χ4v) is 5.83. The van der Waals surface area contributed by atoms with Crippen LogP contribution in [-0.4, -0.2) is 34.4 Å². The Bertz CT molecular complexity index is 1480. The van der Waals surface area contributed by atoms with Gasteiger partial charge in [0.25, 0.3) is 0 Å². The first kappa shape index (κ1) is 23.2. The maximum Gasteiger partial charge on any atom is 0.247 e. The summed E-state index contributed by atoms with van der Waals surface area (Å²) in [5.41, 5.74) is 3.27. The molecule has 0 saturated carbocycles. The van der Waals surface area contributed by atoms with E-state index in [1.807, 2.05) is 41.4 Å². The first-order valence-electron chi connectivity index (χ1n) is 11.9. The van der Waals surface area contributed by atoms with Gasteiger partial charge in [0.2, 0.25) is 17.7 Å². The summed E-state index contributed by atoms with van der Waals surface area (Å²) in [6.07, 6.45) is 3.71. The first-order chi connectivity index (χ1) is 17.8. The Hall–Kier alpha value is -4.23. The largest absolute Gasteiger partial charge is 0.357 e. The Labute approximate surface area is 218 Å². The monoisotopic (exact) mass is 511 g/mol. The van der Waals surface area contributed by atoms with Crippen molar-refractivity contribution >= 4 is 52.6 Å². The van der Waals surface area contributed by atoms with Gasteiger partial charge >= 0.3 is 0 Å². The van der Waals surface area contributed by atoms with Gasteiger partial charge in [0.1, 0.15) is 6.04 Å². The Morgan fingerprint density at radius 2 is 1.54 bits per heavy atom. The third-order valence-corrected chi connectivity index (χ3v) is 7.63. The van der Waals surface area contributed by atoms with Crippen LogP contribution in [0.4, 0.5) is 11.4 Å². The Balaban J connectivity index is 1.42. The number of hydrogen-bond donors (Lipinski definition) is 1. The lowest BCUT2D eigenvalue weighted by Crippen LogP contribution is -2.46. The van der Waals surface area contributed by atoms with E-state index >= 15 is 0 Å². The summed E-state index contributed by atoms with van der Waals surface area (Å²) < 4.78 is 0. The molecule has 0 spiro atoms. The van der Waals surface area contributed by atoms with Gasteiger partial charge in [-0.1, -0.05) is 35.9 Å². The fraction of sp³-hybridized carbons (Fsp3) is 0.172. The van der Waals surface area contributed by atoms with Gasteiger partial charge in [0, 0.05) is 22.5 Å². The third kappa shape index (κ3) is 3.65. The van der Waals surface area contributed by atoms with Crippen LogP contribution in [-0.2, 0) is 14.4 Å². The Morgan fingerprint density at radius 1 is 0.865 bits per heavy atom. The highest BCUT2D eigenvalue weighted by atomic mass is 35.5. The van der Waals surface area contributed by atoms with E-state index in [1.54, 1.807) is 48.5 Å². The molecule has 4 atom stereocenters. The number of hydrogen-bond acceptors (Lipinski definition) is 5. The highest BCUT2D eigenvalue weighted by Crippen LogP contribution is 2.53. The molecular weight excluding hydrogens is 490 g/mol. The second kappa shape index (κ2) is 8.71. The predicted molar refractivity (Wildman–Crippen MR) is 140 cm³/mol. The highest BCUT2D eigenvalue weighted by molar-refractivity contribution is 6.30. The number of ketones is 1. The summed E-state index contributed by atoms with van der Waals surface area (Å²) in [7, 11) is 0. The van der Waals surface area contributed by atoms with Gasteiger partial charge in [-0.3, -0.25) is 19.2 Å². The van der Waals surface area contributed by atoms with Crippen LogP contribution < -0.4 is 10.2 Å². The number of fused-ring (bicyclic) bond motifs is 5. The van der Waals surface area contributed by atoms with Crippen LogP contribution in [0.25, 0.3) is 6.08 Å². The van der Waals surface area contributed by atoms with E-state index in [1.165, 1.54) is 11.8 Å². The summed E-state index contributed by atoms with van der Waals surface area (Å²) in [5, 5.41) is 3.44. The van der Waals surface area contributed by atoms with E-state index in [4.69, 9.17) is 11.6 Å². The molecule has 2 fully saturated rings. The van der Waals surface area contributed by atoms with Crippen molar-refractivity contribution in [1.82, 2.24) is 4.90 Å². The summed E-state index contributed by atoms with van der Waals surface area (Å²) >= 11 is 5.99. The lowest BCUT2D eigenvalue weighted by Gasteiger charge is -2.35. The van der Waals surface area contributed by atoms with E-state index in [9.17, 15) is 19.2 Å². The van der Waals surface area contributed by atoms with Crippen LogP contribution in [0, 0.1) is 11.8 Å². The van der Waals surface area contributed by atoms with Crippen LogP contribution >= 0.6 is 11.6 Å². The number of imide groups is 1. The quantitative estimate of drug-likeness (QED) is 0.405. The molecular formula is C29H22ClN3O4. The molecule has 6 rings (SSSR count). The lowest BCUT2D eigenvalue weighted by molar-refractivity contribution is -0.128. The summed E-state index contributed by atoms with van der Waals surface area (Å²) in [6.45, 7) is 1.46. The van der Waals surface area contributed by atoms with Crippen molar-refractivity contribution in [3.05, 3.63) is 101 Å². The minimum absolute atomic E-state index is 0.109. The van der Waals surface area contributed by atoms with E-state index in [-0.39, 0.29) is 17.6 Å². The van der Waals surface area contributed by atoms with Gasteiger partial charge in [0.15, 0.2) is 5.78 Å². The molecule has 0 radical (unpaired) electrons. The first-order valence-corrected chi connectivity index (χ1v) is 12.3. The fourth-order valence-electron chi connectivity index (χ4n) is 5.71. The number of rotatable bonds is 4. The minimum atomic E-state index is -0.895. The molecule has 0 unspecified atom stereocenters. The van der Waals surface area contributed by atoms with Crippen LogP contribution in [0.15, 0.2) is 79.0 Å². The second-order valence-electron chi connectivity index (χ2n) is 9.44. The molecule has 3 aromatic carbocycles. The van der Waals surface area contributed by atoms with Crippen molar-refractivity contribution < 1.29 is 19.2 Å². The number of Topliss-reactive ketones (excluding diaryl/α,β-unsaturated/α-hetero) is 1. The number of nitrogens with one attached hydrogen (secondary N) is 1. The molecule has 184 valence electrons. The van der Waals surface area contributed by atoms with Gasteiger partial charge in [-0.05, 0) is 72.7 Å². The molecule has 7 nitrogen and oxygen atoms in total. The SMILES string of the molecule is CC(=O)c1ccc(N2C(=O)[C@@H]3[C@H](C2=O)[C@@H]2c4ccccc4C=CN2[C@@H]3C(=O)Nc2ccc(Cl)cc2)cc1. The number of benzene rings is 3. The van der Waals surface area contributed by atoms with Crippen LogP contribution in [0.5, 0.6) is 0 Å². The van der Waals surface area contributed by atoms with Crippen LogP contribution in [0.3, 0.4) is 0 Å². The van der Waals surface area contributed by atoms with Crippen LogP contribution in [0.1, 0.15) is 34.5 Å². The molecule has 0 aliphatic carbocycles. The zero-order valence-corrected chi connectivity index (χ0v) is 20.6. The standard InChI is InChI=1S/C29H22ClN3O4/c1-16(34)17-6-12-21(13-7-17)33-28(36)23-24(29(33)37)26(27(35)31-20-10-8-19(30)9-11-20)32-15-14-18-4-2-3-5-22(18)25(23)32/h2-15,23-26H,1H3,(H,31,35)/t23-,24+,25-,26-/m0/s1. The number of carbonyl (C=O) groups excluding carboxylic acids is 4. The molecule has 0 bridgehead atoms. The smallest absolute Gasteiger partial charge is 0.247 e. The Morgan fingerprint density at radius 3 is 2.24 bits per heavy atom. The highest BCUT2D eigenvalue weighted by Gasteiger charge is 2.64. The van der Waals surface area contributed by atoms with Crippen molar-refractivity contribution in [2.24, 2.45) is 11.8 Å². The molecule has 2 saturated heterocycles. The van der Waals surface area contributed by atoms with Gasteiger partial charge in [0.05, 0.1) is 23.6 Å². The van der Waals surface area contributed by atoms with Gasteiger partial charge in [-0.2, -0.15) is 0 Å².